The molecule has 3 heteroatoms. The van der Waals surface area contributed by atoms with Crippen LogP contribution in [0.4, 0.5) is 0 Å². The molecule has 0 amide bonds. The molecule has 0 rings (SSSR count). The molecule has 0 unspecified atom stereocenters. The summed E-state index contributed by atoms with van der Waals surface area (Å²) in [6.07, 6.45) is 7.69. The monoisotopic (exact) mass is 174 g/mol. The summed E-state index contributed by atoms with van der Waals surface area (Å²) in [5, 5.41) is 0. The first kappa shape index (κ1) is 10.2. The smallest absolute Gasteiger partial charge is 0.325 e. The van der Waals surface area contributed by atoms with Gasteiger partial charge in [0.1, 0.15) is 5.88 Å². The standard InChI is InChI=1S/C8H11ClO2/c1-2-3-4-5-6-11-8(10)7-9/h3-6H,2,7H2,1H3. The highest BCUT2D eigenvalue weighted by atomic mass is 35.5. The fraction of sp³-hybridized carbons (Fsp3) is 0.375. The number of esters is 1. The Balaban J connectivity index is 3.44. The van der Waals surface area contributed by atoms with Crippen LogP contribution in [0.2, 0.25) is 0 Å². The number of ether oxygens (including phenoxy) is 1. The molecule has 0 aromatic heterocycles. The van der Waals surface area contributed by atoms with E-state index in [0.717, 1.165) is 6.42 Å². The van der Waals surface area contributed by atoms with Gasteiger partial charge in [-0.2, -0.15) is 0 Å². The van der Waals surface area contributed by atoms with Gasteiger partial charge in [0.25, 0.3) is 0 Å². The van der Waals surface area contributed by atoms with Crippen molar-refractivity contribution < 1.29 is 9.53 Å². The molecule has 0 bridgehead atoms. The molecule has 0 aromatic rings. The molecule has 0 N–H and O–H groups in total. The fourth-order valence-electron chi connectivity index (χ4n) is 0.407. The molecule has 0 aliphatic rings. The van der Waals surface area contributed by atoms with Crippen LogP contribution in [0.3, 0.4) is 0 Å². The molecule has 0 saturated carbocycles. The van der Waals surface area contributed by atoms with E-state index in [4.69, 9.17) is 11.6 Å². The lowest BCUT2D eigenvalue weighted by atomic mass is 10.4. The Kier molecular flexibility index (Phi) is 6.84. The molecule has 0 radical (unpaired) electrons. The second-order valence-corrected chi connectivity index (χ2v) is 2.06. The molecule has 0 aliphatic heterocycles. The molecule has 11 heavy (non-hydrogen) atoms. The predicted octanol–water partition coefficient (Wildman–Crippen LogP) is 2.25. The van der Waals surface area contributed by atoms with Crippen LogP contribution in [0.25, 0.3) is 0 Å². The van der Waals surface area contributed by atoms with Gasteiger partial charge in [-0.25, -0.2) is 0 Å². The van der Waals surface area contributed by atoms with E-state index in [0.29, 0.717) is 0 Å². The Bertz CT molecular complexity index is 161. The van der Waals surface area contributed by atoms with E-state index in [2.05, 4.69) is 4.74 Å². The summed E-state index contributed by atoms with van der Waals surface area (Å²) in [6.45, 7) is 2.02. The zero-order chi connectivity index (χ0) is 8.53. The first-order chi connectivity index (χ1) is 5.31. The molecule has 0 aromatic carbocycles. The van der Waals surface area contributed by atoms with Crippen LogP contribution in [0, 0.1) is 0 Å². The number of hydrogen-bond donors (Lipinski definition) is 0. The zero-order valence-corrected chi connectivity index (χ0v) is 7.17. The average molecular weight is 175 g/mol. The van der Waals surface area contributed by atoms with Crippen LogP contribution in [-0.2, 0) is 9.53 Å². The van der Waals surface area contributed by atoms with Crippen molar-refractivity contribution in [1.82, 2.24) is 0 Å². The third kappa shape index (κ3) is 7.13. The van der Waals surface area contributed by atoms with Gasteiger partial charge in [-0.15, -0.1) is 11.6 Å². The Labute approximate surface area is 71.5 Å². The number of rotatable bonds is 4. The van der Waals surface area contributed by atoms with Gasteiger partial charge in [-0.1, -0.05) is 19.1 Å². The SMILES string of the molecule is CCC=CC=COC(=O)CCl. The third-order valence-electron chi connectivity index (χ3n) is 0.870. The van der Waals surface area contributed by atoms with E-state index >= 15 is 0 Å². The van der Waals surface area contributed by atoms with Gasteiger partial charge in [0, 0.05) is 0 Å². The summed E-state index contributed by atoms with van der Waals surface area (Å²) in [4.78, 5) is 10.4. The highest BCUT2D eigenvalue weighted by Crippen LogP contribution is 1.86. The van der Waals surface area contributed by atoms with E-state index in [1.807, 2.05) is 19.1 Å². The van der Waals surface area contributed by atoms with Crippen LogP contribution in [0.15, 0.2) is 24.5 Å². The van der Waals surface area contributed by atoms with Crippen molar-refractivity contribution in [1.29, 1.82) is 0 Å². The molecule has 0 saturated heterocycles. The first-order valence-corrected chi connectivity index (χ1v) is 3.91. The number of carbonyl (C=O) groups excluding carboxylic acids is 1. The normalized spacial score (nSPS) is 11.1. The summed E-state index contributed by atoms with van der Waals surface area (Å²) >= 11 is 5.17. The lowest BCUT2D eigenvalue weighted by Gasteiger charge is -1.89. The van der Waals surface area contributed by atoms with Crippen molar-refractivity contribution in [3.05, 3.63) is 24.5 Å². The van der Waals surface area contributed by atoms with Crippen molar-refractivity contribution >= 4 is 17.6 Å². The summed E-state index contributed by atoms with van der Waals surface area (Å²) in [6, 6.07) is 0. The van der Waals surface area contributed by atoms with Gasteiger partial charge < -0.3 is 4.74 Å². The van der Waals surface area contributed by atoms with Gasteiger partial charge in [-0.3, -0.25) is 4.79 Å². The topological polar surface area (TPSA) is 26.3 Å². The van der Waals surface area contributed by atoms with Crippen LogP contribution in [-0.4, -0.2) is 11.8 Å². The van der Waals surface area contributed by atoms with Crippen molar-refractivity contribution in [3.8, 4) is 0 Å². The summed E-state index contributed by atoms with van der Waals surface area (Å²) in [7, 11) is 0. The summed E-state index contributed by atoms with van der Waals surface area (Å²) in [5.74, 6) is -0.547. The lowest BCUT2D eigenvalue weighted by Crippen LogP contribution is -1.99. The Morgan fingerprint density at radius 1 is 1.55 bits per heavy atom. The van der Waals surface area contributed by atoms with Gasteiger partial charge in [0.2, 0.25) is 0 Å². The van der Waals surface area contributed by atoms with E-state index < -0.39 is 5.97 Å². The molecule has 0 spiro atoms. The van der Waals surface area contributed by atoms with Gasteiger partial charge in [0.15, 0.2) is 0 Å². The molecule has 62 valence electrons. The van der Waals surface area contributed by atoms with E-state index in [1.165, 1.54) is 6.26 Å². The Morgan fingerprint density at radius 3 is 2.82 bits per heavy atom. The van der Waals surface area contributed by atoms with E-state index in [1.54, 1.807) is 6.08 Å². The minimum absolute atomic E-state index is 0.109. The maximum atomic E-state index is 10.4. The minimum atomic E-state index is -0.437. The van der Waals surface area contributed by atoms with Crippen LogP contribution in [0.1, 0.15) is 13.3 Å². The Hall–Kier alpha value is -0.760. The second-order valence-electron chi connectivity index (χ2n) is 1.79. The number of alkyl halides is 1. The second kappa shape index (κ2) is 7.35. The molecular weight excluding hydrogens is 164 g/mol. The van der Waals surface area contributed by atoms with Crippen LogP contribution < -0.4 is 0 Å². The lowest BCUT2D eigenvalue weighted by molar-refractivity contribution is -0.135. The predicted molar refractivity (Wildman–Crippen MR) is 45.4 cm³/mol. The molecule has 0 heterocycles. The highest BCUT2D eigenvalue weighted by molar-refractivity contribution is 6.26. The first-order valence-electron chi connectivity index (χ1n) is 3.38. The molecular formula is C8H11ClO2. The molecule has 0 atom stereocenters. The molecule has 2 nitrogen and oxygen atoms in total. The van der Waals surface area contributed by atoms with E-state index in [9.17, 15) is 4.79 Å². The maximum Gasteiger partial charge on any atom is 0.325 e. The average Bonchev–Trinajstić information content (AvgIpc) is 2.04. The largest absolute Gasteiger partial charge is 0.434 e. The van der Waals surface area contributed by atoms with Crippen molar-refractivity contribution in [2.24, 2.45) is 0 Å². The van der Waals surface area contributed by atoms with Crippen molar-refractivity contribution in [2.45, 2.75) is 13.3 Å². The summed E-state index contributed by atoms with van der Waals surface area (Å²) < 4.78 is 4.54. The van der Waals surface area contributed by atoms with Crippen molar-refractivity contribution in [2.75, 3.05) is 5.88 Å². The minimum Gasteiger partial charge on any atom is -0.434 e. The number of halogens is 1. The van der Waals surface area contributed by atoms with Gasteiger partial charge in [-0.05, 0) is 12.5 Å². The van der Waals surface area contributed by atoms with Gasteiger partial charge >= 0.3 is 5.97 Å². The highest BCUT2D eigenvalue weighted by Gasteiger charge is 1.92. The van der Waals surface area contributed by atoms with Crippen LogP contribution >= 0.6 is 11.6 Å². The van der Waals surface area contributed by atoms with Crippen LogP contribution in [0.5, 0.6) is 0 Å². The fourth-order valence-corrected chi connectivity index (χ4v) is 0.470. The number of hydrogen-bond acceptors (Lipinski definition) is 2. The number of carbonyl (C=O) groups is 1. The third-order valence-corrected chi connectivity index (χ3v) is 1.09. The van der Waals surface area contributed by atoms with E-state index in [-0.39, 0.29) is 5.88 Å². The summed E-state index contributed by atoms with van der Waals surface area (Å²) in [5.41, 5.74) is 0. The quantitative estimate of drug-likeness (QED) is 0.283. The molecule has 0 fully saturated rings. The molecule has 0 aliphatic carbocycles. The maximum absolute atomic E-state index is 10.4. The zero-order valence-electron chi connectivity index (χ0n) is 6.42. The number of allylic oxidation sites excluding steroid dienone is 3. The van der Waals surface area contributed by atoms with Crippen molar-refractivity contribution in [3.63, 3.8) is 0 Å². The Morgan fingerprint density at radius 2 is 2.27 bits per heavy atom. The van der Waals surface area contributed by atoms with Gasteiger partial charge in [0.05, 0.1) is 6.26 Å².